The van der Waals surface area contributed by atoms with Crippen LogP contribution in [0.3, 0.4) is 0 Å². The monoisotopic (exact) mass is 287 g/mol. The molecule has 2 atom stereocenters. The minimum absolute atomic E-state index is 0.0610. The number of rotatable bonds is 3. The average Bonchev–Trinajstić information content (AvgIpc) is 2.78. The SMILES string of the molecule is Cc1ccc(NC(=O)CN2CC3NCCCC3C2=O)cc1. The number of piperidine rings is 1. The molecular formula is C16H21N3O2. The summed E-state index contributed by atoms with van der Waals surface area (Å²) in [4.78, 5) is 26.0. The van der Waals surface area contributed by atoms with E-state index in [0.29, 0.717) is 6.54 Å². The van der Waals surface area contributed by atoms with Crippen molar-refractivity contribution in [2.45, 2.75) is 25.8 Å². The van der Waals surface area contributed by atoms with Crippen molar-refractivity contribution in [1.82, 2.24) is 10.2 Å². The number of likely N-dealkylation sites (tertiary alicyclic amines) is 1. The molecule has 0 bridgehead atoms. The van der Waals surface area contributed by atoms with Crippen molar-refractivity contribution in [2.75, 3.05) is 25.0 Å². The van der Waals surface area contributed by atoms with Gasteiger partial charge in [0.25, 0.3) is 0 Å². The highest BCUT2D eigenvalue weighted by molar-refractivity contribution is 5.95. The number of anilines is 1. The summed E-state index contributed by atoms with van der Waals surface area (Å²) >= 11 is 0. The molecule has 0 radical (unpaired) electrons. The molecule has 5 nitrogen and oxygen atoms in total. The Labute approximate surface area is 124 Å². The highest BCUT2D eigenvalue weighted by atomic mass is 16.2. The highest BCUT2D eigenvalue weighted by Gasteiger charge is 2.41. The predicted octanol–water partition coefficient (Wildman–Crippen LogP) is 1.14. The van der Waals surface area contributed by atoms with Gasteiger partial charge in [-0.3, -0.25) is 9.59 Å². The number of fused-ring (bicyclic) bond motifs is 1. The van der Waals surface area contributed by atoms with Crippen LogP contribution in [0.5, 0.6) is 0 Å². The molecule has 0 aromatic heterocycles. The minimum atomic E-state index is -0.133. The first-order chi connectivity index (χ1) is 10.1. The Hall–Kier alpha value is -1.88. The molecule has 2 heterocycles. The molecule has 0 spiro atoms. The number of benzene rings is 1. The minimum Gasteiger partial charge on any atom is -0.331 e. The van der Waals surface area contributed by atoms with E-state index in [4.69, 9.17) is 0 Å². The summed E-state index contributed by atoms with van der Waals surface area (Å²) in [7, 11) is 0. The summed E-state index contributed by atoms with van der Waals surface area (Å²) in [5.74, 6) is 0.0445. The van der Waals surface area contributed by atoms with E-state index in [0.717, 1.165) is 30.6 Å². The van der Waals surface area contributed by atoms with Crippen LogP contribution < -0.4 is 10.6 Å². The molecule has 21 heavy (non-hydrogen) atoms. The number of hydrogen-bond donors (Lipinski definition) is 2. The van der Waals surface area contributed by atoms with Gasteiger partial charge in [0.15, 0.2) is 0 Å². The quantitative estimate of drug-likeness (QED) is 0.876. The molecule has 2 unspecified atom stereocenters. The van der Waals surface area contributed by atoms with Crippen molar-refractivity contribution >= 4 is 17.5 Å². The molecule has 1 aromatic rings. The molecule has 112 valence electrons. The van der Waals surface area contributed by atoms with Crippen LogP contribution in [0.25, 0.3) is 0 Å². The number of nitrogens with one attached hydrogen (secondary N) is 2. The summed E-state index contributed by atoms with van der Waals surface area (Å²) in [6, 6.07) is 7.88. The van der Waals surface area contributed by atoms with Gasteiger partial charge in [-0.05, 0) is 38.4 Å². The fourth-order valence-corrected chi connectivity index (χ4v) is 3.16. The lowest BCUT2D eigenvalue weighted by Crippen LogP contribution is -2.41. The third kappa shape index (κ3) is 3.08. The number of amides is 2. The summed E-state index contributed by atoms with van der Waals surface area (Å²) in [5.41, 5.74) is 1.92. The molecule has 1 aromatic carbocycles. The molecule has 0 saturated carbocycles. The van der Waals surface area contributed by atoms with Gasteiger partial charge in [0.1, 0.15) is 0 Å². The van der Waals surface area contributed by atoms with Crippen LogP contribution in [0.2, 0.25) is 0 Å². The van der Waals surface area contributed by atoms with Crippen LogP contribution >= 0.6 is 0 Å². The molecule has 2 saturated heterocycles. The zero-order chi connectivity index (χ0) is 14.8. The number of carbonyl (C=O) groups excluding carboxylic acids is 2. The Balaban J connectivity index is 1.57. The maximum absolute atomic E-state index is 12.3. The van der Waals surface area contributed by atoms with E-state index in [1.807, 2.05) is 31.2 Å². The van der Waals surface area contributed by atoms with Crippen LogP contribution in [0.15, 0.2) is 24.3 Å². The fraction of sp³-hybridized carbons (Fsp3) is 0.500. The first kappa shape index (κ1) is 14.1. The standard InChI is InChI=1S/C16H21N3O2/c1-11-4-6-12(7-5-11)18-15(20)10-19-9-14-13(16(19)21)3-2-8-17-14/h4-7,13-14,17H,2-3,8-10H2,1H3,(H,18,20). The van der Waals surface area contributed by atoms with Crippen LogP contribution in [0.4, 0.5) is 5.69 Å². The summed E-state index contributed by atoms with van der Waals surface area (Å²) in [5, 5.41) is 6.22. The van der Waals surface area contributed by atoms with Crippen molar-refractivity contribution in [1.29, 1.82) is 0 Å². The van der Waals surface area contributed by atoms with E-state index in [1.165, 1.54) is 0 Å². The second-order valence-electron chi connectivity index (χ2n) is 5.94. The molecule has 2 N–H and O–H groups in total. The lowest BCUT2D eigenvalue weighted by molar-refractivity contribution is -0.134. The molecule has 2 aliphatic rings. The zero-order valence-electron chi connectivity index (χ0n) is 12.3. The average molecular weight is 287 g/mol. The molecule has 3 rings (SSSR count). The Morgan fingerprint density at radius 2 is 2.14 bits per heavy atom. The summed E-state index contributed by atoms with van der Waals surface area (Å²) in [6.45, 7) is 3.76. The molecule has 2 amide bonds. The lowest BCUT2D eigenvalue weighted by Gasteiger charge is -2.23. The van der Waals surface area contributed by atoms with Gasteiger partial charge in [0.2, 0.25) is 11.8 Å². The Bertz CT molecular complexity index is 541. The maximum Gasteiger partial charge on any atom is 0.243 e. The first-order valence-corrected chi connectivity index (χ1v) is 7.52. The van der Waals surface area contributed by atoms with Crippen molar-refractivity contribution in [3.63, 3.8) is 0 Å². The smallest absolute Gasteiger partial charge is 0.243 e. The summed E-state index contributed by atoms with van der Waals surface area (Å²) in [6.07, 6.45) is 1.98. The molecule has 5 heteroatoms. The van der Waals surface area contributed by atoms with Crippen LogP contribution in [-0.4, -0.2) is 42.4 Å². The van der Waals surface area contributed by atoms with E-state index < -0.39 is 0 Å². The number of hydrogen-bond acceptors (Lipinski definition) is 3. The van der Waals surface area contributed by atoms with Crippen molar-refractivity contribution in [2.24, 2.45) is 5.92 Å². The van der Waals surface area contributed by atoms with Crippen LogP contribution in [0, 0.1) is 12.8 Å². The van der Waals surface area contributed by atoms with Gasteiger partial charge in [-0.2, -0.15) is 0 Å². The predicted molar refractivity (Wildman–Crippen MR) is 80.9 cm³/mol. The van der Waals surface area contributed by atoms with Gasteiger partial charge in [0, 0.05) is 18.3 Å². The van der Waals surface area contributed by atoms with Crippen molar-refractivity contribution in [3.8, 4) is 0 Å². The van der Waals surface area contributed by atoms with E-state index in [2.05, 4.69) is 10.6 Å². The fourth-order valence-electron chi connectivity index (χ4n) is 3.16. The Morgan fingerprint density at radius 1 is 1.38 bits per heavy atom. The molecule has 2 aliphatic heterocycles. The maximum atomic E-state index is 12.3. The number of nitrogens with zero attached hydrogens (tertiary/aromatic N) is 1. The third-order valence-electron chi connectivity index (χ3n) is 4.30. The Morgan fingerprint density at radius 3 is 2.86 bits per heavy atom. The molecule has 2 fully saturated rings. The van der Waals surface area contributed by atoms with Gasteiger partial charge in [-0.25, -0.2) is 0 Å². The lowest BCUT2D eigenvalue weighted by atomic mass is 9.94. The van der Waals surface area contributed by atoms with Crippen molar-refractivity contribution in [3.05, 3.63) is 29.8 Å². The summed E-state index contributed by atoms with van der Waals surface area (Å²) < 4.78 is 0. The van der Waals surface area contributed by atoms with Gasteiger partial charge in [-0.1, -0.05) is 17.7 Å². The second-order valence-corrected chi connectivity index (χ2v) is 5.94. The number of aryl methyl sites for hydroxylation is 1. The van der Waals surface area contributed by atoms with Gasteiger partial charge in [0.05, 0.1) is 12.5 Å². The third-order valence-corrected chi connectivity index (χ3v) is 4.30. The van der Waals surface area contributed by atoms with Crippen molar-refractivity contribution < 1.29 is 9.59 Å². The Kier molecular flexibility index (Phi) is 3.92. The largest absolute Gasteiger partial charge is 0.331 e. The molecular weight excluding hydrogens is 266 g/mol. The van der Waals surface area contributed by atoms with Gasteiger partial charge in [-0.15, -0.1) is 0 Å². The van der Waals surface area contributed by atoms with Gasteiger partial charge < -0.3 is 15.5 Å². The van der Waals surface area contributed by atoms with E-state index in [9.17, 15) is 9.59 Å². The highest BCUT2D eigenvalue weighted by Crippen LogP contribution is 2.26. The second kappa shape index (κ2) is 5.85. The van der Waals surface area contributed by atoms with Crippen LogP contribution in [-0.2, 0) is 9.59 Å². The number of carbonyl (C=O) groups is 2. The van der Waals surface area contributed by atoms with Crippen LogP contribution in [0.1, 0.15) is 18.4 Å². The normalized spacial score (nSPS) is 24.8. The zero-order valence-corrected chi connectivity index (χ0v) is 12.3. The first-order valence-electron chi connectivity index (χ1n) is 7.52. The van der Waals surface area contributed by atoms with E-state index in [1.54, 1.807) is 4.90 Å². The molecule has 0 aliphatic carbocycles. The van der Waals surface area contributed by atoms with E-state index >= 15 is 0 Å². The van der Waals surface area contributed by atoms with E-state index in [-0.39, 0.29) is 30.3 Å². The topological polar surface area (TPSA) is 61.4 Å². The van der Waals surface area contributed by atoms with Gasteiger partial charge >= 0.3 is 0 Å².